The number of rotatable bonds is 1. The van der Waals surface area contributed by atoms with Gasteiger partial charge in [0.2, 0.25) is 0 Å². The number of hydrogen-bond donors (Lipinski definition) is 1. The van der Waals surface area contributed by atoms with Crippen LogP contribution in [-0.4, -0.2) is 0 Å². The first-order chi connectivity index (χ1) is 9.04. The molecule has 0 amide bonds. The number of nitrogens with two attached hydrogens (primary N) is 1. The average Bonchev–Trinajstić information content (AvgIpc) is 2.69. The topological polar surface area (TPSA) is 29.3 Å². The summed E-state index contributed by atoms with van der Waals surface area (Å²) in [5.41, 5.74) is 14.9. The Labute approximate surface area is 114 Å². The number of benzene rings is 2. The number of anilines is 2. The van der Waals surface area contributed by atoms with Crippen molar-refractivity contribution in [2.45, 2.75) is 33.9 Å². The fourth-order valence-corrected chi connectivity index (χ4v) is 3.24. The van der Waals surface area contributed by atoms with Gasteiger partial charge in [0.05, 0.1) is 0 Å². The molecular formula is C17H20N2. The van der Waals surface area contributed by atoms with Gasteiger partial charge in [0, 0.05) is 24.5 Å². The van der Waals surface area contributed by atoms with Crippen molar-refractivity contribution in [1.82, 2.24) is 0 Å². The summed E-state index contributed by atoms with van der Waals surface area (Å²) in [6.45, 7) is 8.51. The molecule has 1 aliphatic heterocycles. The van der Waals surface area contributed by atoms with E-state index < -0.39 is 0 Å². The molecule has 0 bridgehead atoms. The molecule has 1 heterocycles. The molecule has 19 heavy (non-hydrogen) atoms. The molecular weight excluding hydrogens is 232 g/mol. The molecule has 2 heteroatoms. The Bertz CT molecular complexity index is 621. The molecule has 0 atom stereocenters. The second-order valence-corrected chi connectivity index (χ2v) is 5.63. The van der Waals surface area contributed by atoms with Crippen LogP contribution in [0, 0.1) is 20.8 Å². The van der Waals surface area contributed by atoms with E-state index in [0.29, 0.717) is 0 Å². The largest absolute Gasteiger partial charge is 0.399 e. The van der Waals surface area contributed by atoms with Gasteiger partial charge < -0.3 is 10.6 Å². The lowest BCUT2D eigenvalue weighted by Gasteiger charge is -2.23. The van der Waals surface area contributed by atoms with Crippen LogP contribution in [0.25, 0.3) is 0 Å². The Kier molecular flexibility index (Phi) is 2.74. The Balaban J connectivity index is 1.99. The van der Waals surface area contributed by atoms with Crippen molar-refractivity contribution in [3.05, 3.63) is 58.1 Å². The lowest BCUT2D eigenvalue weighted by atomic mass is 10.0. The molecule has 98 valence electrons. The van der Waals surface area contributed by atoms with Crippen LogP contribution in [-0.2, 0) is 13.1 Å². The standard InChI is InChI=1S/C17H20N2/c1-11-6-12(2)17(13(3)7-11)19-9-14-4-5-16(18)8-15(14)10-19/h4-8H,9-10,18H2,1-3H3. The maximum absolute atomic E-state index is 5.88. The van der Waals surface area contributed by atoms with Crippen LogP contribution in [0.5, 0.6) is 0 Å². The van der Waals surface area contributed by atoms with Crippen molar-refractivity contribution in [3.8, 4) is 0 Å². The van der Waals surface area contributed by atoms with Crippen molar-refractivity contribution in [2.24, 2.45) is 0 Å². The zero-order valence-corrected chi connectivity index (χ0v) is 11.8. The third-order valence-corrected chi connectivity index (χ3v) is 3.90. The maximum Gasteiger partial charge on any atom is 0.0437 e. The molecule has 2 aromatic carbocycles. The fraction of sp³-hybridized carbons (Fsp3) is 0.294. The van der Waals surface area contributed by atoms with Gasteiger partial charge in [0.15, 0.2) is 0 Å². The summed E-state index contributed by atoms with van der Waals surface area (Å²) < 4.78 is 0. The highest BCUT2D eigenvalue weighted by Gasteiger charge is 2.21. The van der Waals surface area contributed by atoms with E-state index in [4.69, 9.17) is 5.73 Å². The first-order valence-corrected chi connectivity index (χ1v) is 6.74. The molecule has 0 radical (unpaired) electrons. The highest BCUT2D eigenvalue weighted by Crippen LogP contribution is 2.34. The van der Waals surface area contributed by atoms with Crippen molar-refractivity contribution in [3.63, 3.8) is 0 Å². The first-order valence-electron chi connectivity index (χ1n) is 6.74. The molecule has 0 aromatic heterocycles. The Morgan fingerprint density at radius 2 is 1.53 bits per heavy atom. The third kappa shape index (κ3) is 2.07. The van der Waals surface area contributed by atoms with Gasteiger partial charge in [-0.1, -0.05) is 23.8 Å². The highest BCUT2D eigenvalue weighted by atomic mass is 15.1. The monoisotopic (exact) mass is 252 g/mol. The summed E-state index contributed by atoms with van der Waals surface area (Å²) >= 11 is 0. The van der Waals surface area contributed by atoms with E-state index in [0.717, 1.165) is 18.8 Å². The van der Waals surface area contributed by atoms with E-state index in [1.165, 1.54) is 33.5 Å². The lowest BCUT2D eigenvalue weighted by Crippen LogP contribution is -2.17. The van der Waals surface area contributed by atoms with Gasteiger partial charge in [-0.25, -0.2) is 0 Å². The first kappa shape index (κ1) is 12.1. The van der Waals surface area contributed by atoms with Crippen LogP contribution in [0.2, 0.25) is 0 Å². The van der Waals surface area contributed by atoms with Gasteiger partial charge in [-0.15, -0.1) is 0 Å². The number of aryl methyl sites for hydroxylation is 3. The van der Waals surface area contributed by atoms with Crippen LogP contribution in [0.4, 0.5) is 11.4 Å². The van der Waals surface area contributed by atoms with E-state index in [1.807, 2.05) is 6.07 Å². The van der Waals surface area contributed by atoms with Crippen LogP contribution in [0.3, 0.4) is 0 Å². The Morgan fingerprint density at radius 1 is 0.895 bits per heavy atom. The molecule has 1 aliphatic rings. The van der Waals surface area contributed by atoms with Crippen LogP contribution in [0.15, 0.2) is 30.3 Å². The maximum atomic E-state index is 5.88. The van der Waals surface area contributed by atoms with E-state index >= 15 is 0 Å². The van der Waals surface area contributed by atoms with Crippen molar-refractivity contribution in [2.75, 3.05) is 10.6 Å². The average molecular weight is 252 g/mol. The second kappa shape index (κ2) is 4.30. The minimum absolute atomic E-state index is 0.859. The summed E-state index contributed by atoms with van der Waals surface area (Å²) in [7, 11) is 0. The fourth-order valence-electron chi connectivity index (χ4n) is 3.24. The zero-order chi connectivity index (χ0) is 13.6. The molecule has 0 spiro atoms. The van der Waals surface area contributed by atoms with Crippen LogP contribution >= 0.6 is 0 Å². The molecule has 2 aromatic rings. The quantitative estimate of drug-likeness (QED) is 0.784. The smallest absolute Gasteiger partial charge is 0.0437 e. The van der Waals surface area contributed by atoms with Crippen molar-refractivity contribution >= 4 is 11.4 Å². The zero-order valence-electron chi connectivity index (χ0n) is 11.8. The highest BCUT2D eigenvalue weighted by molar-refractivity contribution is 5.63. The van der Waals surface area contributed by atoms with E-state index in [-0.39, 0.29) is 0 Å². The summed E-state index contributed by atoms with van der Waals surface area (Å²) in [6.07, 6.45) is 0. The Morgan fingerprint density at radius 3 is 2.21 bits per heavy atom. The molecule has 0 unspecified atom stereocenters. The van der Waals surface area contributed by atoms with Crippen LogP contribution in [0.1, 0.15) is 27.8 Å². The van der Waals surface area contributed by atoms with Gasteiger partial charge in [0.25, 0.3) is 0 Å². The second-order valence-electron chi connectivity index (χ2n) is 5.63. The van der Waals surface area contributed by atoms with Gasteiger partial charge in [-0.3, -0.25) is 0 Å². The molecule has 2 N–H and O–H groups in total. The third-order valence-electron chi connectivity index (χ3n) is 3.90. The van der Waals surface area contributed by atoms with Crippen LogP contribution < -0.4 is 10.6 Å². The number of nitrogens with zero attached hydrogens (tertiary/aromatic N) is 1. The lowest BCUT2D eigenvalue weighted by molar-refractivity contribution is 0.869. The summed E-state index contributed by atoms with van der Waals surface area (Å²) in [6, 6.07) is 10.8. The van der Waals surface area contributed by atoms with E-state index in [2.05, 4.69) is 49.9 Å². The number of nitrogen functional groups attached to an aromatic ring is 1. The van der Waals surface area contributed by atoms with Gasteiger partial charge in [-0.05, 0) is 55.2 Å². The van der Waals surface area contributed by atoms with Gasteiger partial charge in [-0.2, -0.15) is 0 Å². The SMILES string of the molecule is Cc1cc(C)c(N2Cc3ccc(N)cc3C2)c(C)c1. The number of fused-ring (bicyclic) bond motifs is 1. The van der Waals surface area contributed by atoms with Gasteiger partial charge in [0.1, 0.15) is 0 Å². The predicted molar refractivity (Wildman–Crippen MR) is 81.4 cm³/mol. The minimum Gasteiger partial charge on any atom is -0.399 e. The Hall–Kier alpha value is -1.96. The normalized spacial score (nSPS) is 13.7. The number of hydrogen-bond acceptors (Lipinski definition) is 2. The molecule has 0 aliphatic carbocycles. The van der Waals surface area contributed by atoms with E-state index in [9.17, 15) is 0 Å². The summed E-state index contributed by atoms with van der Waals surface area (Å²) in [5, 5.41) is 0. The molecule has 2 nitrogen and oxygen atoms in total. The molecule has 0 saturated carbocycles. The predicted octanol–water partition coefficient (Wildman–Crippen LogP) is 3.71. The van der Waals surface area contributed by atoms with Crippen molar-refractivity contribution in [1.29, 1.82) is 0 Å². The minimum atomic E-state index is 0.859. The molecule has 0 fully saturated rings. The molecule has 3 rings (SSSR count). The summed E-state index contributed by atoms with van der Waals surface area (Å²) in [5.74, 6) is 0. The van der Waals surface area contributed by atoms with E-state index in [1.54, 1.807) is 0 Å². The van der Waals surface area contributed by atoms with Gasteiger partial charge >= 0.3 is 0 Å². The molecule has 0 saturated heterocycles. The van der Waals surface area contributed by atoms with Crippen molar-refractivity contribution < 1.29 is 0 Å². The summed E-state index contributed by atoms with van der Waals surface area (Å²) in [4.78, 5) is 2.45.